The smallest absolute Gasteiger partial charge is 0.311 e. The summed E-state index contributed by atoms with van der Waals surface area (Å²) in [4.78, 5) is 24.6. The number of rotatable bonds is 5. The van der Waals surface area contributed by atoms with Gasteiger partial charge < -0.3 is 20.1 Å². The third kappa shape index (κ3) is 3.60. The van der Waals surface area contributed by atoms with Gasteiger partial charge >= 0.3 is 5.97 Å². The average Bonchev–Trinajstić information content (AvgIpc) is 2.63. The first kappa shape index (κ1) is 18.8. The number of hydrogen-bond acceptors (Lipinski definition) is 5. The van der Waals surface area contributed by atoms with Gasteiger partial charge in [0, 0.05) is 17.9 Å². The Morgan fingerprint density at radius 3 is 2.59 bits per heavy atom. The van der Waals surface area contributed by atoms with Crippen LogP contribution in [0.25, 0.3) is 0 Å². The van der Waals surface area contributed by atoms with Crippen molar-refractivity contribution < 1.29 is 29.6 Å². The quantitative estimate of drug-likeness (QED) is 0.747. The molecule has 0 aliphatic heterocycles. The van der Waals surface area contributed by atoms with Gasteiger partial charge in [0.25, 0.3) is 0 Å². The second kappa shape index (κ2) is 7.31. The molecule has 0 saturated heterocycles. The highest BCUT2D eigenvalue weighted by Gasteiger charge is 2.35. The van der Waals surface area contributed by atoms with Gasteiger partial charge in [-0.05, 0) is 54.7 Å². The Kier molecular flexibility index (Phi) is 5.08. The average molecular weight is 370 g/mol. The fourth-order valence-corrected chi connectivity index (χ4v) is 3.84. The number of carbonyl (C=O) groups is 2. The molecule has 2 aromatic rings. The standard InChI is InChI=1S/C21H22O6/c1-11-3-6-18(23)17(20(11)27-2)10-19(24)13-7-12-4-5-14(22)9-15(12)16(8-13)21(25)26/h3-6,9,13,16,22-23H,7-8,10H2,1-2H3,(H,25,26). The number of phenols is 2. The fraction of sp³-hybridized carbons (Fsp3) is 0.333. The summed E-state index contributed by atoms with van der Waals surface area (Å²) >= 11 is 0. The molecule has 0 amide bonds. The number of carbonyl (C=O) groups excluding carboxylic acids is 1. The van der Waals surface area contributed by atoms with Crippen molar-refractivity contribution in [2.45, 2.75) is 32.1 Å². The molecule has 0 radical (unpaired) electrons. The minimum atomic E-state index is -1.02. The zero-order valence-electron chi connectivity index (χ0n) is 15.2. The number of aryl methyl sites for hydroxylation is 1. The molecule has 2 aromatic carbocycles. The number of fused-ring (bicyclic) bond motifs is 1. The number of aliphatic carboxylic acids is 1. The summed E-state index contributed by atoms with van der Waals surface area (Å²) in [5.41, 5.74) is 2.55. The molecule has 3 N–H and O–H groups in total. The Hall–Kier alpha value is -3.02. The van der Waals surface area contributed by atoms with Crippen molar-refractivity contribution in [1.29, 1.82) is 0 Å². The van der Waals surface area contributed by atoms with Crippen molar-refractivity contribution in [2.24, 2.45) is 5.92 Å². The van der Waals surface area contributed by atoms with Crippen LogP contribution in [0.5, 0.6) is 17.2 Å². The Balaban J connectivity index is 1.90. The van der Waals surface area contributed by atoms with E-state index in [1.54, 1.807) is 12.1 Å². The van der Waals surface area contributed by atoms with E-state index < -0.39 is 17.8 Å². The molecule has 6 nitrogen and oxygen atoms in total. The lowest BCUT2D eigenvalue weighted by Crippen LogP contribution is -2.30. The molecule has 0 aromatic heterocycles. The van der Waals surface area contributed by atoms with Crippen LogP contribution in [-0.4, -0.2) is 34.2 Å². The number of ether oxygens (including phenoxy) is 1. The Bertz CT molecular complexity index is 902. The number of benzene rings is 2. The number of carboxylic acid groups (broad SMARTS) is 1. The van der Waals surface area contributed by atoms with E-state index in [-0.39, 0.29) is 30.1 Å². The summed E-state index contributed by atoms with van der Waals surface area (Å²) in [5.74, 6) is -2.01. The second-order valence-electron chi connectivity index (χ2n) is 6.97. The van der Waals surface area contributed by atoms with E-state index in [9.17, 15) is 24.9 Å². The van der Waals surface area contributed by atoms with E-state index in [1.807, 2.05) is 6.92 Å². The molecule has 0 bridgehead atoms. The lowest BCUT2D eigenvalue weighted by Gasteiger charge is -2.29. The van der Waals surface area contributed by atoms with Gasteiger partial charge in [-0.25, -0.2) is 0 Å². The topological polar surface area (TPSA) is 104 Å². The Morgan fingerprint density at radius 2 is 1.93 bits per heavy atom. The molecule has 1 aliphatic carbocycles. The maximum atomic E-state index is 12.9. The third-order valence-electron chi connectivity index (χ3n) is 5.23. The Labute approximate surface area is 157 Å². The van der Waals surface area contributed by atoms with Crippen molar-refractivity contribution in [3.63, 3.8) is 0 Å². The van der Waals surface area contributed by atoms with Crippen molar-refractivity contribution in [3.8, 4) is 17.2 Å². The minimum Gasteiger partial charge on any atom is -0.508 e. The van der Waals surface area contributed by atoms with Gasteiger partial charge in [-0.3, -0.25) is 9.59 Å². The predicted octanol–water partition coefficient (Wildman–Crippen LogP) is 2.96. The first-order chi connectivity index (χ1) is 12.8. The number of methoxy groups -OCH3 is 1. The molecule has 0 spiro atoms. The number of hydrogen-bond donors (Lipinski definition) is 3. The van der Waals surface area contributed by atoms with Crippen LogP contribution in [0.15, 0.2) is 30.3 Å². The summed E-state index contributed by atoms with van der Waals surface area (Å²) in [6.45, 7) is 1.83. The highest BCUT2D eigenvalue weighted by atomic mass is 16.5. The molecule has 2 atom stereocenters. The van der Waals surface area contributed by atoms with Crippen LogP contribution in [0, 0.1) is 12.8 Å². The largest absolute Gasteiger partial charge is 0.508 e. The van der Waals surface area contributed by atoms with Crippen LogP contribution >= 0.6 is 0 Å². The first-order valence-electron chi connectivity index (χ1n) is 8.74. The molecular weight excluding hydrogens is 348 g/mol. The Morgan fingerprint density at radius 1 is 1.19 bits per heavy atom. The van der Waals surface area contributed by atoms with Crippen molar-refractivity contribution in [2.75, 3.05) is 7.11 Å². The monoisotopic (exact) mass is 370 g/mol. The molecule has 0 saturated carbocycles. The number of aromatic hydroxyl groups is 2. The van der Waals surface area contributed by atoms with E-state index in [0.29, 0.717) is 23.3 Å². The van der Waals surface area contributed by atoms with E-state index in [2.05, 4.69) is 0 Å². The summed E-state index contributed by atoms with van der Waals surface area (Å²) < 4.78 is 5.34. The summed E-state index contributed by atoms with van der Waals surface area (Å²) in [6.07, 6.45) is 0.549. The molecule has 142 valence electrons. The highest BCUT2D eigenvalue weighted by Crippen LogP contribution is 2.39. The lowest BCUT2D eigenvalue weighted by molar-refractivity contribution is -0.139. The van der Waals surface area contributed by atoms with Crippen molar-refractivity contribution in [1.82, 2.24) is 0 Å². The van der Waals surface area contributed by atoms with E-state index in [1.165, 1.54) is 25.3 Å². The maximum Gasteiger partial charge on any atom is 0.311 e. The van der Waals surface area contributed by atoms with E-state index in [0.717, 1.165) is 11.1 Å². The van der Waals surface area contributed by atoms with Crippen LogP contribution in [-0.2, 0) is 22.4 Å². The summed E-state index contributed by atoms with van der Waals surface area (Å²) in [7, 11) is 1.49. The van der Waals surface area contributed by atoms with Gasteiger partial charge in [-0.15, -0.1) is 0 Å². The number of carboxylic acids is 1. The van der Waals surface area contributed by atoms with Gasteiger partial charge in [0.15, 0.2) is 0 Å². The predicted molar refractivity (Wildman–Crippen MR) is 98.4 cm³/mol. The maximum absolute atomic E-state index is 12.9. The van der Waals surface area contributed by atoms with Crippen LogP contribution < -0.4 is 4.74 Å². The number of Topliss-reactive ketones (excluding diaryl/α,β-unsaturated/α-hetero) is 1. The number of ketones is 1. The van der Waals surface area contributed by atoms with Crippen molar-refractivity contribution >= 4 is 11.8 Å². The zero-order chi connectivity index (χ0) is 19.7. The van der Waals surface area contributed by atoms with Gasteiger partial charge in [0.1, 0.15) is 23.0 Å². The van der Waals surface area contributed by atoms with E-state index in [4.69, 9.17) is 4.74 Å². The summed E-state index contributed by atoms with van der Waals surface area (Å²) in [5, 5.41) is 29.4. The lowest BCUT2D eigenvalue weighted by atomic mass is 9.74. The van der Waals surface area contributed by atoms with Crippen LogP contribution in [0.1, 0.15) is 34.6 Å². The molecule has 2 unspecified atom stereocenters. The van der Waals surface area contributed by atoms with Gasteiger partial charge in [-0.2, -0.15) is 0 Å². The van der Waals surface area contributed by atoms with Gasteiger partial charge in [-0.1, -0.05) is 12.1 Å². The SMILES string of the molecule is COc1c(C)ccc(O)c1CC(=O)C1Cc2ccc(O)cc2C(C(=O)O)C1. The fourth-order valence-electron chi connectivity index (χ4n) is 3.84. The van der Waals surface area contributed by atoms with E-state index >= 15 is 0 Å². The molecule has 27 heavy (non-hydrogen) atoms. The van der Waals surface area contributed by atoms with Crippen LogP contribution in [0.3, 0.4) is 0 Å². The second-order valence-corrected chi connectivity index (χ2v) is 6.97. The molecule has 6 heteroatoms. The summed E-state index contributed by atoms with van der Waals surface area (Å²) in [6, 6.07) is 7.88. The van der Waals surface area contributed by atoms with Crippen LogP contribution in [0.2, 0.25) is 0 Å². The van der Waals surface area contributed by atoms with Crippen molar-refractivity contribution in [3.05, 3.63) is 52.6 Å². The van der Waals surface area contributed by atoms with Gasteiger partial charge in [0.05, 0.1) is 13.0 Å². The number of phenolic OH excluding ortho intramolecular Hbond substituents is 2. The highest BCUT2D eigenvalue weighted by molar-refractivity contribution is 5.87. The molecule has 3 rings (SSSR count). The molecular formula is C21H22O6. The molecule has 1 aliphatic rings. The molecule has 0 heterocycles. The van der Waals surface area contributed by atoms with Gasteiger partial charge in [0.2, 0.25) is 0 Å². The first-order valence-corrected chi connectivity index (χ1v) is 8.74. The minimum absolute atomic E-state index is 0.0123. The third-order valence-corrected chi connectivity index (χ3v) is 5.23. The zero-order valence-corrected chi connectivity index (χ0v) is 15.2. The molecule has 0 fully saturated rings. The van der Waals surface area contributed by atoms with Crippen LogP contribution in [0.4, 0.5) is 0 Å². The normalized spacial score (nSPS) is 18.6.